The summed E-state index contributed by atoms with van der Waals surface area (Å²) in [6, 6.07) is 8.70. The molecular formula is C15H18NS2+. The molecule has 1 heterocycles. The molecule has 1 aliphatic carbocycles. The monoisotopic (exact) mass is 276 g/mol. The molecule has 1 aliphatic rings. The summed E-state index contributed by atoms with van der Waals surface area (Å²) in [6.07, 6.45) is 7.37. The van der Waals surface area contributed by atoms with Crippen LogP contribution in [-0.2, 0) is 6.54 Å². The van der Waals surface area contributed by atoms with E-state index in [-0.39, 0.29) is 0 Å². The van der Waals surface area contributed by atoms with Crippen LogP contribution in [0.3, 0.4) is 0 Å². The van der Waals surface area contributed by atoms with Crippen LogP contribution in [0.5, 0.6) is 0 Å². The molecule has 0 bridgehead atoms. The van der Waals surface area contributed by atoms with Crippen molar-refractivity contribution in [3.05, 3.63) is 34.2 Å². The number of rotatable bonds is 4. The van der Waals surface area contributed by atoms with E-state index >= 15 is 0 Å². The highest BCUT2D eigenvalue weighted by Crippen LogP contribution is 2.42. The number of nitrogens with zero attached hydrogens (tertiary/aromatic N) is 1. The molecule has 18 heavy (non-hydrogen) atoms. The Bertz CT molecular complexity index is 594. The third kappa shape index (κ3) is 2.21. The fourth-order valence-electron chi connectivity index (χ4n) is 2.32. The molecule has 0 saturated heterocycles. The maximum absolute atomic E-state index is 2.43. The SMILES string of the molecule is CC[n+]1c(/C=C(\SC)C2CC2)sc2ccccc21. The van der Waals surface area contributed by atoms with Gasteiger partial charge in [0, 0.05) is 12.1 Å². The number of benzene rings is 1. The Balaban J connectivity index is 2.10. The van der Waals surface area contributed by atoms with Gasteiger partial charge in [-0.25, -0.2) is 0 Å². The summed E-state index contributed by atoms with van der Waals surface area (Å²) in [5.41, 5.74) is 1.37. The predicted molar refractivity (Wildman–Crippen MR) is 81.9 cm³/mol. The van der Waals surface area contributed by atoms with Gasteiger partial charge in [0.2, 0.25) is 5.52 Å². The number of thioether (sulfide) groups is 1. The van der Waals surface area contributed by atoms with Crippen molar-refractivity contribution in [3.63, 3.8) is 0 Å². The molecule has 0 N–H and O–H groups in total. The highest BCUT2D eigenvalue weighted by atomic mass is 32.2. The van der Waals surface area contributed by atoms with Crippen molar-refractivity contribution in [1.29, 1.82) is 0 Å². The largest absolute Gasteiger partial charge is 0.263 e. The van der Waals surface area contributed by atoms with Crippen LogP contribution in [0, 0.1) is 5.92 Å². The van der Waals surface area contributed by atoms with E-state index in [0.29, 0.717) is 0 Å². The second-order valence-corrected chi connectivity index (χ2v) is 6.62. The van der Waals surface area contributed by atoms with E-state index in [4.69, 9.17) is 0 Å². The average Bonchev–Trinajstić information content (AvgIpc) is 3.17. The van der Waals surface area contributed by atoms with Gasteiger partial charge in [-0.15, -0.1) is 11.8 Å². The standard InChI is InChI=1S/C15H18NS2/c1-3-16-12-6-4-5-7-13(12)18-15(16)10-14(17-2)11-8-9-11/h4-7,10-11H,3,8-9H2,1-2H3/q+1/b14-10-. The number of aromatic nitrogens is 1. The van der Waals surface area contributed by atoms with Crippen LogP contribution in [0.2, 0.25) is 0 Å². The first kappa shape index (κ1) is 12.2. The first-order valence-corrected chi connectivity index (χ1v) is 8.54. The zero-order valence-electron chi connectivity index (χ0n) is 10.8. The molecule has 3 heteroatoms. The van der Waals surface area contributed by atoms with Crippen molar-refractivity contribution in [3.8, 4) is 0 Å². The smallest absolute Gasteiger partial charge is 0.182 e. The van der Waals surface area contributed by atoms with E-state index in [2.05, 4.69) is 48.1 Å². The molecule has 0 aliphatic heterocycles. The summed E-state index contributed by atoms with van der Waals surface area (Å²) in [4.78, 5) is 1.56. The van der Waals surface area contributed by atoms with E-state index in [0.717, 1.165) is 12.5 Å². The van der Waals surface area contributed by atoms with Gasteiger partial charge in [0.1, 0.15) is 11.2 Å². The zero-order chi connectivity index (χ0) is 12.5. The summed E-state index contributed by atoms with van der Waals surface area (Å²) in [5.74, 6) is 0.843. The second kappa shape index (κ2) is 5.06. The van der Waals surface area contributed by atoms with Crippen LogP contribution in [-0.4, -0.2) is 6.26 Å². The highest BCUT2D eigenvalue weighted by Gasteiger charge is 2.27. The number of fused-ring (bicyclic) bond motifs is 1. The van der Waals surface area contributed by atoms with Gasteiger partial charge in [-0.1, -0.05) is 23.5 Å². The summed E-state index contributed by atoms with van der Waals surface area (Å²) in [6.45, 7) is 3.27. The number of hydrogen-bond acceptors (Lipinski definition) is 2. The fourth-order valence-corrected chi connectivity index (χ4v) is 4.37. The lowest BCUT2D eigenvalue weighted by molar-refractivity contribution is -0.665. The molecule has 0 spiro atoms. The Morgan fingerprint density at radius 2 is 2.22 bits per heavy atom. The first-order valence-electron chi connectivity index (χ1n) is 6.50. The Kier molecular flexibility index (Phi) is 3.44. The Hall–Kier alpha value is -0.800. The van der Waals surface area contributed by atoms with Crippen molar-refractivity contribution in [2.75, 3.05) is 6.26 Å². The summed E-state index contributed by atoms with van der Waals surface area (Å²) >= 11 is 3.83. The molecule has 0 unspecified atom stereocenters. The highest BCUT2D eigenvalue weighted by molar-refractivity contribution is 8.02. The van der Waals surface area contributed by atoms with Gasteiger partial charge in [-0.2, -0.15) is 4.57 Å². The van der Waals surface area contributed by atoms with Crippen molar-refractivity contribution >= 4 is 39.4 Å². The Labute approximate surface area is 117 Å². The zero-order valence-corrected chi connectivity index (χ0v) is 12.5. The van der Waals surface area contributed by atoms with Crippen molar-refractivity contribution < 1.29 is 4.57 Å². The molecule has 1 fully saturated rings. The van der Waals surface area contributed by atoms with Gasteiger partial charge in [0.05, 0.1) is 0 Å². The molecule has 1 nitrogen and oxygen atoms in total. The van der Waals surface area contributed by atoms with Gasteiger partial charge in [-0.3, -0.25) is 0 Å². The van der Waals surface area contributed by atoms with Crippen molar-refractivity contribution in [2.45, 2.75) is 26.3 Å². The first-order chi connectivity index (χ1) is 8.83. The molecule has 3 rings (SSSR count). The van der Waals surface area contributed by atoms with Crippen LogP contribution < -0.4 is 4.57 Å². The molecule has 1 aromatic heterocycles. The van der Waals surface area contributed by atoms with E-state index < -0.39 is 0 Å². The van der Waals surface area contributed by atoms with E-state index in [1.165, 1.54) is 28.1 Å². The Morgan fingerprint density at radius 3 is 2.89 bits per heavy atom. The van der Waals surface area contributed by atoms with Crippen molar-refractivity contribution in [2.24, 2.45) is 5.92 Å². The fraction of sp³-hybridized carbons (Fsp3) is 0.400. The molecule has 0 radical (unpaired) electrons. The third-order valence-corrected chi connectivity index (χ3v) is 5.47. The topological polar surface area (TPSA) is 3.88 Å². The number of allylic oxidation sites excluding steroid dienone is 1. The maximum Gasteiger partial charge on any atom is 0.263 e. The van der Waals surface area contributed by atoms with Gasteiger partial charge >= 0.3 is 0 Å². The van der Waals surface area contributed by atoms with Gasteiger partial charge in [0.25, 0.3) is 5.01 Å². The molecule has 1 aromatic carbocycles. The lowest BCUT2D eigenvalue weighted by Gasteiger charge is -1.98. The normalized spacial score (nSPS) is 16.4. The number of hydrogen-bond donors (Lipinski definition) is 0. The summed E-state index contributed by atoms with van der Waals surface area (Å²) in [5, 5.41) is 1.40. The summed E-state index contributed by atoms with van der Waals surface area (Å²) < 4.78 is 3.82. The third-order valence-electron chi connectivity index (χ3n) is 3.43. The molecular weight excluding hydrogens is 258 g/mol. The average molecular weight is 276 g/mol. The molecule has 2 aromatic rings. The van der Waals surface area contributed by atoms with Gasteiger partial charge < -0.3 is 0 Å². The minimum absolute atomic E-state index is 0.843. The van der Waals surface area contributed by atoms with Crippen LogP contribution in [0.1, 0.15) is 24.8 Å². The van der Waals surface area contributed by atoms with E-state index in [1.54, 1.807) is 4.91 Å². The second-order valence-electron chi connectivity index (χ2n) is 4.68. The van der Waals surface area contributed by atoms with E-state index in [9.17, 15) is 0 Å². The van der Waals surface area contributed by atoms with E-state index in [1.807, 2.05) is 23.1 Å². The summed E-state index contributed by atoms with van der Waals surface area (Å²) in [7, 11) is 0. The van der Waals surface area contributed by atoms with Crippen molar-refractivity contribution in [1.82, 2.24) is 0 Å². The minimum Gasteiger partial charge on any atom is -0.182 e. The van der Waals surface area contributed by atoms with Gasteiger partial charge in [0.15, 0.2) is 0 Å². The number of aryl methyl sites for hydroxylation is 1. The van der Waals surface area contributed by atoms with Crippen LogP contribution in [0.4, 0.5) is 0 Å². The lowest BCUT2D eigenvalue weighted by atomic mass is 10.3. The van der Waals surface area contributed by atoms with Crippen LogP contribution >= 0.6 is 23.1 Å². The molecule has 94 valence electrons. The Morgan fingerprint density at radius 1 is 1.44 bits per heavy atom. The predicted octanol–water partition coefficient (Wildman–Crippen LogP) is 4.32. The maximum atomic E-state index is 2.43. The number of thiazole rings is 1. The van der Waals surface area contributed by atoms with Gasteiger partial charge in [-0.05, 0) is 42.9 Å². The molecule has 0 amide bonds. The minimum atomic E-state index is 0.843. The number of para-hydroxylation sites is 1. The quantitative estimate of drug-likeness (QED) is 0.752. The lowest BCUT2D eigenvalue weighted by Crippen LogP contribution is -2.33. The van der Waals surface area contributed by atoms with Crippen LogP contribution in [0.25, 0.3) is 16.3 Å². The molecule has 1 saturated carbocycles. The molecule has 0 atom stereocenters. The van der Waals surface area contributed by atoms with Crippen LogP contribution in [0.15, 0.2) is 29.2 Å².